The van der Waals surface area contributed by atoms with Crippen LogP contribution in [-0.4, -0.2) is 18.6 Å². The molecule has 1 aromatic carbocycles. The van der Waals surface area contributed by atoms with E-state index in [0.717, 1.165) is 18.5 Å². The first-order valence-corrected chi connectivity index (χ1v) is 6.61. The minimum atomic E-state index is -0.309. The molecule has 0 fully saturated rings. The number of esters is 1. The molecule has 18 heavy (non-hydrogen) atoms. The highest BCUT2D eigenvalue weighted by molar-refractivity contribution is 5.78. The largest absolute Gasteiger partial charge is 0.461 e. The fourth-order valence-corrected chi connectivity index (χ4v) is 2.10. The van der Waals surface area contributed by atoms with Crippen molar-refractivity contribution >= 4 is 5.97 Å². The molecule has 2 unspecified atom stereocenters. The molecule has 2 atom stereocenters. The number of hydrogen-bond donors (Lipinski definition) is 1. The zero-order valence-corrected chi connectivity index (χ0v) is 11.3. The van der Waals surface area contributed by atoms with Crippen LogP contribution in [0.5, 0.6) is 0 Å². The second kappa shape index (κ2) is 5.53. The third-order valence-corrected chi connectivity index (χ3v) is 3.59. The number of ether oxygens (including phenoxy) is 1. The monoisotopic (exact) mass is 247 g/mol. The number of carbonyl (C=O) groups is 1. The molecule has 3 nitrogen and oxygen atoms in total. The zero-order chi connectivity index (χ0) is 13.1. The minimum absolute atomic E-state index is 0.0478. The second-order valence-corrected chi connectivity index (χ2v) is 5.22. The maximum atomic E-state index is 12.2. The van der Waals surface area contributed by atoms with E-state index in [0.29, 0.717) is 5.92 Å². The third kappa shape index (κ3) is 2.72. The van der Waals surface area contributed by atoms with Gasteiger partial charge in [-0.25, -0.2) is 4.79 Å². The molecule has 0 aromatic heterocycles. The molecule has 0 aliphatic carbocycles. The molecule has 1 aliphatic heterocycles. The Bertz CT molecular complexity index is 428. The molecule has 2 rings (SSSR count). The number of carbonyl (C=O) groups excluding carboxylic acids is 1. The van der Waals surface area contributed by atoms with Crippen LogP contribution in [0.25, 0.3) is 0 Å². The summed E-state index contributed by atoms with van der Waals surface area (Å²) >= 11 is 0. The number of nitrogens with one attached hydrogen (secondary N) is 1. The van der Waals surface area contributed by atoms with Gasteiger partial charge < -0.3 is 10.1 Å². The van der Waals surface area contributed by atoms with Gasteiger partial charge in [0.25, 0.3) is 0 Å². The van der Waals surface area contributed by atoms with Crippen LogP contribution in [0.2, 0.25) is 0 Å². The third-order valence-electron chi connectivity index (χ3n) is 3.59. The number of fused-ring (bicyclic) bond motifs is 1. The summed E-state index contributed by atoms with van der Waals surface area (Å²) in [6.07, 6.45) is 0.924. The quantitative estimate of drug-likeness (QED) is 0.834. The second-order valence-electron chi connectivity index (χ2n) is 5.22. The van der Waals surface area contributed by atoms with E-state index in [1.165, 1.54) is 5.56 Å². The molecule has 1 aromatic rings. The van der Waals surface area contributed by atoms with Gasteiger partial charge in [-0.05, 0) is 30.4 Å². The van der Waals surface area contributed by atoms with Crippen molar-refractivity contribution < 1.29 is 9.53 Å². The highest BCUT2D eigenvalue weighted by Crippen LogP contribution is 2.24. The van der Waals surface area contributed by atoms with Gasteiger partial charge in [-0.15, -0.1) is 0 Å². The Morgan fingerprint density at radius 1 is 1.33 bits per heavy atom. The SMILES string of the molecule is CC(C)C(C)OC(=O)C1NCCc2ccccc21. The molecule has 0 saturated carbocycles. The fourth-order valence-electron chi connectivity index (χ4n) is 2.10. The van der Waals surface area contributed by atoms with E-state index in [9.17, 15) is 4.79 Å². The molecule has 1 N–H and O–H groups in total. The van der Waals surface area contributed by atoms with E-state index in [2.05, 4.69) is 25.2 Å². The molecular weight excluding hydrogens is 226 g/mol. The van der Waals surface area contributed by atoms with Crippen LogP contribution in [0.4, 0.5) is 0 Å². The van der Waals surface area contributed by atoms with E-state index in [-0.39, 0.29) is 18.1 Å². The Morgan fingerprint density at radius 2 is 2.06 bits per heavy atom. The Hall–Kier alpha value is -1.35. The summed E-state index contributed by atoms with van der Waals surface area (Å²) in [5, 5.41) is 3.24. The maximum Gasteiger partial charge on any atom is 0.328 e. The first-order chi connectivity index (χ1) is 8.59. The van der Waals surface area contributed by atoms with Gasteiger partial charge in [-0.3, -0.25) is 0 Å². The van der Waals surface area contributed by atoms with Crippen LogP contribution in [0, 0.1) is 5.92 Å². The first kappa shape index (κ1) is 13.1. The van der Waals surface area contributed by atoms with Crippen LogP contribution < -0.4 is 5.32 Å². The summed E-state index contributed by atoms with van der Waals surface area (Å²) in [7, 11) is 0. The van der Waals surface area contributed by atoms with E-state index in [4.69, 9.17) is 4.74 Å². The van der Waals surface area contributed by atoms with Gasteiger partial charge in [-0.2, -0.15) is 0 Å². The normalized spacial score (nSPS) is 20.3. The lowest BCUT2D eigenvalue weighted by Gasteiger charge is -2.27. The summed E-state index contributed by atoms with van der Waals surface area (Å²) in [5.74, 6) is 0.177. The summed E-state index contributed by atoms with van der Waals surface area (Å²) in [6, 6.07) is 7.77. The molecular formula is C15H21NO2. The van der Waals surface area contributed by atoms with Gasteiger partial charge in [0.1, 0.15) is 12.1 Å². The lowest BCUT2D eigenvalue weighted by Crippen LogP contribution is -2.37. The number of rotatable bonds is 3. The smallest absolute Gasteiger partial charge is 0.328 e. The van der Waals surface area contributed by atoms with Crippen molar-refractivity contribution in [1.82, 2.24) is 5.32 Å². The van der Waals surface area contributed by atoms with Crippen molar-refractivity contribution in [3.8, 4) is 0 Å². The van der Waals surface area contributed by atoms with Gasteiger partial charge in [0.05, 0.1) is 0 Å². The molecule has 1 aliphatic rings. The van der Waals surface area contributed by atoms with Crippen LogP contribution in [0.15, 0.2) is 24.3 Å². The standard InChI is InChI=1S/C15H21NO2/c1-10(2)11(3)18-15(17)14-13-7-5-4-6-12(13)8-9-16-14/h4-7,10-11,14,16H,8-9H2,1-3H3. The van der Waals surface area contributed by atoms with Crippen LogP contribution in [-0.2, 0) is 16.0 Å². The molecule has 98 valence electrons. The van der Waals surface area contributed by atoms with Crippen molar-refractivity contribution in [2.45, 2.75) is 39.3 Å². The van der Waals surface area contributed by atoms with E-state index in [1.54, 1.807) is 0 Å². The van der Waals surface area contributed by atoms with Crippen molar-refractivity contribution in [3.63, 3.8) is 0 Å². The molecule has 0 radical (unpaired) electrons. The van der Waals surface area contributed by atoms with Crippen molar-refractivity contribution in [1.29, 1.82) is 0 Å². The van der Waals surface area contributed by atoms with Gasteiger partial charge >= 0.3 is 5.97 Å². The van der Waals surface area contributed by atoms with Gasteiger partial charge in [0.15, 0.2) is 0 Å². The Balaban J connectivity index is 2.13. The Labute approximate surface area is 109 Å². The lowest BCUT2D eigenvalue weighted by molar-refractivity contribution is -0.153. The lowest BCUT2D eigenvalue weighted by atomic mass is 9.94. The van der Waals surface area contributed by atoms with Gasteiger partial charge in [-0.1, -0.05) is 38.1 Å². The molecule has 0 spiro atoms. The summed E-state index contributed by atoms with van der Waals surface area (Å²) in [4.78, 5) is 12.2. The highest BCUT2D eigenvalue weighted by Gasteiger charge is 2.28. The van der Waals surface area contributed by atoms with Crippen LogP contribution in [0.1, 0.15) is 37.9 Å². The summed E-state index contributed by atoms with van der Waals surface area (Å²) in [5.41, 5.74) is 2.31. The fraction of sp³-hybridized carbons (Fsp3) is 0.533. The Kier molecular flexibility index (Phi) is 4.02. The molecule has 0 amide bonds. The maximum absolute atomic E-state index is 12.2. The van der Waals surface area contributed by atoms with Crippen molar-refractivity contribution in [2.75, 3.05) is 6.54 Å². The minimum Gasteiger partial charge on any atom is -0.461 e. The first-order valence-electron chi connectivity index (χ1n) is 6.61. The number of benzene rings is 1. The predicted octanol–water partition coefficient (Wildman–Crippen LogP) is 2.46. The van der Waals surface area contributed by atoms with Crippen LogP contribution >= 0.6 is 0 Å². The van der Waals surface area contributed by atoms with Crippen molar-refractivity contribution in [3.05, 3.63) is 35.4 Å². The van der Waals surface area contributed by atoms with Crippen LogP contribution in [0.3, 0.4) is 0 Å². The predicted molar refractivity (Wildman–Crippen MR) is 71.3 cm³/mol. The van der Waals surface area contributed by atoms with Gasteiger partial charge in [0.2, 0.25) is 0 Å². The van der Waals surface area contributed by atoms with Crippen molar-refractivity contribution in [2.24, 2.45) is 5.92 Å². The summed E-state index contributed by atoms with van der Waals surface area (Å²) < 4.78 is 5.51. The highest BCUT2D eigenvalue weighted by atomic mass is 16.5. The molecule has 1 heterocycles. The topological polar surface area (TPSA) is 38.3 Å². The van der Waals surface area contributed by atoms with E-state index < -0.39 is 0 Å². The average molecular weight is 247 g/mol. The number of hydrogen-bond acceptors (Lipinski definition) is 3. The average Bonchev–Trinajstić information content (AvgIpc) is 2.37. The summed E-state index contributed by atoms with van der Waals surface area (Å²) in [6.45, 7) is 6.88. The Morgan fingerprint density at radius 3 is 2.78 bits per heavy atom. The van der Waals surface area contributed by atoms with Gasteiger partial charge in [0, 0.05) is 6.54 Å². The molecule has 0 bridgehead atoms. The molecule has 0 saturated heterocycles. The molecule has 3 heteroatoms. The van der Waals surface area contributed by atoms with E-state index >= 15 is 0 Å². The zero-order valence-electron chi connectivity index (χ0n) is 11.3. The van der Waals surface area contributed by atoms with E-state index in [1.807, 2.05) is 25.1 Å².